The second kappa shape index (κ2) is 7.95. The summed E-state index contributed by atoms with van der Waals surface area (Å²) in [4.78, 5) is 22.8. The number of amides is 2. The van der Waals surface area contributed by atoms with Crippen LogP contribution in [0.2, 0.25) is 0 Å². The number of hydrogen-bond donors (Lipinski definition) is 2. The molecule has 18 heavy (non-hydrogen) atoms. The predicted molar refractivity (Wildman–Crippen MR) is 69.2 cm³/mol. The number of hydrogen-bond acceptors (Lipinski definition) is 3. The Morgan fingerprint density at radius 1 is 1.28 bits per heavy atom. The number of carbonyl (C=O) groups is 2. The van der Waals surface area contributed by atoms with Crippen molar-refractivity contribution in [3.05, 3.63) is 0 Å². The van der Waals surface area contributed by atoms with Crippen LogP contribution in [0.15, 0.2) is 0 Å². The monoisotopic (exact) mass is 256 g/mol. The Morgan fingerprint density at radius 2 is 1.94 bits per heavy atom. The van der Waals surface area contributed by atoms with Crippen molar-refractivity contribution in [3.8, 4) is 0 Å². The van der Waals surface area contributed by atoms with E-state index >= 15 is 0 Å². The number of rotatable bonds is 6. The van der Waals surface area contributed by atoms with E-state index in [1.54, 1.807) is 0 Å². The fourth-order valence-electron chi connectivity index (χ4n) is 1.94. The van der Waals surface area contributed by atoms with Gasteiger partial charge in [-0.25, -0.2) is 4.79 Å². The number of nitrogens with one attached hydrogen (secondary N) is 2. The van der Waals surface area contributed by atoms with Gasteiger partial charge in [0.05, 0.1) is 6.61 Å². The summed E-state index contributed by atoms with van der Waals surface area (Å²) in [6.07, 6.45) is 4.42. The van der Waals surface area contributed by atoms with Gasteiger partial charge in [0.15, 0.2) is 0 Å². The van der Waals surface area contributed by atoms with E-state index in [0.29, 0.717) is 31.5 Å². The molecule has 1 aliphatic carbocycles. The van der Waals surface area contributed by atoms with Gasteiger partial charge in [0.2, 0.25) is 5.91 Å². The van der Waals surface area contributed by atoms with E-state index in [1.807, 2.05) is 13.8 Å². The first-order valence-electron chi connectivity index (χ1n) is 6.78. The predicted octanol–water partition coefficient (Wildman–Crippen LogP) is 1.82. The first kappa shape index (κ1) is 14.8. The number of carbonyl (C=O) groups excluding carboxylic acids is 2. The molecule has 0 aromatic heterocycles. The zero-order chi connectivity index (χ0) is 13.4. The summed E-state index contributed by atoms with van der Waals surface area (Å²) >= 11 is 0. The molecule has 2 amide bonds. The molecule has 1 saturated carbocycles. The molecule has 104 valence electrons. The van der Waals surface area contributed by atoms with E-state index in [2.05, 4.69) is 10.6 Å². The Bertz CT molecular complexity index is 273. The third kappa shape index (κ3) is 6.47. The van der Waals surface area contributed by atoms with Gasteiger partial charge in [0.25, 0.3) is 0 Å². The van der Waals surface area contributed by atoms with Gasteiger partial charge in [-0.1, -0.05) is 26.7 Å². The molecule has 0 aromatic carbocycles. The zero-order valence-electron chi connectivity index (χ0n) is 11.3. The van der Waals surface area contributed by atoms with Gasteiger partial charge in [-0.2, -0.15) is 0 Å². The van der Waals surface area contributed by atoms with Gasteiger partial charge in [0.1, 0.15) is 0 Å². The maximum Gasteiger partial charge on any atom is 0.407 e. The van der Waals surface area contributed by atoms with Crippen LogP contribution in [0.3, 0.4) is 0 Å². The highest BCUT2D eigenvalue weighted by Gasteiger charge is 2.16. The highest BCUT2D eigenvalue weighted by atomic mass is 16.5. The molecule has 0 heterocycles. The molecule has 1 rings (SSSR count). The topological polar surface area (TPSA) is 67.4 Å². The molecule has 0 saturated heterocycles. The Kier molecular flexibility index (Phi) is 6.54. The summed E-state index contributed by atoms with van der Waals surface area (Å²) in [5.41, 5.74) is 0. The molecule has 1 aliphatic rings. The fourth-order valence-corrected chi connectivity index (χ4v) is 1.94. The minimum Gasteiger partial charge on any atom is -0.449 e. The molecule has 0 radical (unpaired) electrons. The molecule has 0 spiro atoms. The van der Waals surface area contributed by atoms with Crippen molar-refractivity contribution < 1.29 is 14.3 Å². The molecule has 2 N–H and O–H groups in total. The second-order valence-electron chi connectivity index (χ2n) is 5.22. The highest BCUT2D eigenvalue weighted by molar-refractivity contribution is 5.77. The quantitative estimate of drug-likeness (QED) is 0.761. The van der Waals surface area contributed by atoms with Crippen LogP contribution >= 0.6 is 0 Å². The molecular weight excluding hydrogens is 232 g/mol. The molecule has 5 heteroatoms. The lowest BCUT2D eigenvalue weighted by molar-refractivity contribution is -0.121. The van der Waals surface area contributed by atoms with Crippen LogP contribution in [0.5, 0.6) is 0 Å². The van der Waals surface area contributed by atoms with E-state index in [9.17, 15) is 9.59 Å². The van der Waals surface area contributed by atoms with E-state index in [-0.39, 0.29) is 5.91 Å². The van der Waals surface area contributed by atoms with Crippen LogP contribution in [0.25, 0.3) is 0 Å². The van der Waals surface area contributed by atoms with Crippen LogP contribution < -0.4 is 10.6 Å². The van der Waals surface area contributed by atoms with Crippen molar-refractivity contribution in [1.82, 2.24) is 10.6 Å². The van der Waals surface area contributed by atoms with Crippen molar-refractivity contribution in [2.75, 3.05) is 13.2 Å². The van der Waals surface area contributed by atoms with Crippen LogP contribution in [-0.2, 0) is 9.53 Å². The van der Waals surface area contributed by atoms with Gasteiger partial charge in [0, 0.05) is 19.0 Å². The van der Waals surface area contributed by atoms with Crippen molar-refractivity contribution in [3.63, 3.8) is 0 Å². The smallest absolute Gasteiger partial charge is 0.407 e. The SMILES string of the molecule is CC(C)COC(=O)NCCC(=O)NC1CCCC1. The third-order valence-electron chi connectivity index (χ3n) is 2.89. The van der Waals surface area contributed by atoms with Gasteiger partial charge < -0.3 is 15.4 Å². The Balaban J connectivity index is 2.02. The van der Waals surface area contributed by atoms with E-state index in [4.69, 9.17) is 4.74 Å². The minimum atomic E-state index is -0.447. The van der Waals surface area contributed by atoms with Crippen molar-refractivity contribution >= 4 is 12.0 Å². The molecule has 0 aliphatic heterocycles. The number of alkyl carbamates (subject to hydrolysis) is 1. The fraction of sp³-hybridized carbons (Fsp3) is 0.846. The maximum absolute atomic E-state index is 11.5. The molecule has 0 bridgehead atoms. The van der Waals surface area contributed by atoms with Gasteiger partial charge >= 0.3 is 6.09 Å². The Hall–Kier alpha value is -1.26. The second-order valence-corrected chi connectivity index (χ2v) is 5.22. The molecule has 0 atom stereocenters. The van der Waals surface area contributed by atoms with Crippen LogP contribution in [0.1, 0.15) is 46.0 Å². The molecule has 1 fully saturated rings. The first-order valence-corrected chi connectivity index (χ1v) is 6.78. The van der Waals surface area contributed by atoms with Gasteiger partial charge in [-0.05, 0) is 18.8 Å². The third-order valence-corrected chi connectivity index (χ3v) is 2.89. The standard InChI is InChI=1S/C13H24N2O3/c1-10(2)9-18-13(17)14-8-7-12(16)15-11-5-3-4-6-11/h10-11H,3-9H2,1-2H3,(H,14,17)(H,15,16). The molecule has 0 unspecified atom stereocenters. The average molecular weight is 256 g/mol. The normalized spacial score (nSPS) is 15.7. The van der Waals surface area contributed by atoms with Crippen molar-refractivity contribution in [2.24, 2.45) is 5.92 Å². The lowest BCUT2D eigenvalue weighted by atomic mass is 10.2. The zero-order valence-corrected chi connectivity index (χ0v) is 11.3. The van der Waals surface area contributed by atoms with E-state index in [1.165, 1.54) is 12.8 Å². The summed E-state index contributed by atoms with van der Waals surface area (Å²) in [7, 11) is 0. The van der Waals surface area contributed by atoms with E-state index in [0.717, 1.165) is 12.8 Å². The number of ether oxygens (including phenoxy) is 1. The van der Waals surface area contributed by atoms with Crippen molar-refractivity contribution in [2.45, 2.75) is 52.0 Å². The lowest BCUT2D eigenvalue weighted by Gasteiger charge is -2.12. The first-order chi connectivity index (χ1) is 8.58. The summed E-state index contributed by atoms with van der Waals surface area (Å²) in [6, 6.07) is 0.338. The Morgan fingerprint density at radius 3 is 2.56 bits per heavy atom. The van der Waals surface area contributed by atoms with Crippen LogP contribution in [0.4, 0.5) is 4.79 Å². The summed E-state index contributed by atoms with van der Waals surface area (Å²) in [6.45, 7) is 4.68. The molecule has 0 aromatic rings. The minimum absolute atomic E-state index is 0.00561. The van der Waals surface area contributed by atoms with Crippen LogP contribution in [-0.4, -0.2) is 31.2 Å². The van der Waals surface area contributed by atoms with Crippen molar-refractivity contribution in [1.29, 1.82) is 0 Å². The van der Waals surface area contributed by atoms with E-state index < -0.39 is 6.09 Å². The average Bonchev–Trinajstić information content (AvgIpc) is 2.79. The lowest BCUT2D eigenvalue weighted by Crippen LogP contribution is -2.35. The van der Waals surface area contributed by atoms with Gasteiger partial charge in [-0.3, -0.25) is 4.79 Å². The Labute approximate surface area is 109 Å². The molecular formula is C13H24N2O3. The van der Waals surface area contributed by atoms with Crippen LogP contribution in [0, 0.1) is 5.92 Å². The highest BCUT2D eigenvalue weighted by Crippen LogP contribution is 2.17. The summed E-state index contributed by atoms with van der Waals surface area (Å²) in [5.74, 6) is 0.326. The van der Waals surface area contributed by atoms with Gasteiger partial charge in [-0.15, -0.1) is 0 Å². The largest absolute Gasteiger partial charge is 0.449 e. The summed E-state index contributed by atoms with van der Waals surface area (Å²) < 4.78 is 4.94. The summed E-state index contributed by atoms with van der Waals surface area (Å²) in [5, 5.41) is 5.54. The molecule has 5 nitrogen and oxygen atoms in total. The maximum atomic E-state index is 11.5.